The Labute approximate surface area is 170 Å². The number of rotatable bonds is 4. The number of carbonyl (C=O) groups is 3. The maximum atomic E-state index is 14.8. The Balaban J connectivity index is 1.58. The molecule has 1 aromatic rings. The summed E-state index contributed by atoms with van der Waals surface area (Å²) >= 11 is 0. The molecule has 1 unspecified atom stereocenters. The van der Waals surface area contributed by atoms with E-state index >= 15 is 0 Å². The van der Waals surface area contributed by atoms with E-state index in [9.17, 15) is 18.8 Å². The van der Waals surface area contributed by atoms with E-state index in [0.29, 0.717) is 37.2 Å². The van der Waals surface area contributed by atoms with Crippen molar-refractivity contribution in [3.63, 3.8) is 0 Å². The van der Waals surface area contributed by atoms with E-state index in [-0.39, 0.29) is 35.9 Å². The highest BCUT2D eigenvalue weighted by molar-refractivity contribution is 6.00. The topological polar surface area (TPSA) is 75.7 Å². The van der Waals surface area contributed by atoms with Crippen LogP contribution in [0.5, 0.6) is 0 Å². The molecule has 2 saturated heterocycles. The Morgan fingerprint density at radius 1 is 1.21 bits per heavy atom. The van der Waals surface area contributed by atoms with E-state index < -0.39 is 11.5 Å². The van der Waals surface area contributed by atoms with Crippen molar-refractivity contribution in [1.82, 2.24) is 5.32 Å². The fraction of sp³-hybridized carbons (Fsp3) is 0.591. The van der Waals surface area contributed by atoms with E-state index in [1.807, 2.05) is 25.7 Å². The summed E-state index contributed by atoms with van der Waals surface area (Å²) in [5, 5.41) is 2.31. The SMILES string of the molecule is CC(C)(C)OC(=O)CC1CCN(c2ccc(C3CCC(=O)NC3=O)cc2F)CC1. The van der Waals surface area contributed by atoms with Crippen LogP contribution in [0.15, 0.2) is 18.2 Å². The van der Waals surface area contributed by atoms with E-state index in [2.05, 4.69) is 5.32 Å². The fourth-order valence-corrected chi connectivity index (χ4v) is 4.00. The molecular weight excluding hydrogens is 375 g/mol. The summed E-state index contributed by atoms with van der Waals surface area (Å²) in [6.07, 6.45) is 2.66. The molecule has 1 aromatic carbocycles. The lowest BCUT2D eigenvalue weighted by Gasteiger charge is -2.34. The number of piperidine rings is 2. The molecule has 7 heteroatoms. The zero-order valence-corrected chi connectivity index (χ0v) is 17.3. The van der Waals surface area contributed by atoms with Gasteiger partial charge in [0, 0.05) is 25.9 Å². The van der Waals surface area contributed by atoms with Crippen LogP contribution in [-0.2, 0) is 19.1 Å². The van der Waals surface area contributed by atoms with Gasteiger partial charge in [-0.15, -0.1) is 0 Å². The van der Waals surface area contributed by atoms with Crippen LogP contribution in [0.3, 0.4) is 0 Å². The predicted molar refractivity (Wildman–Crippen MR) is 107 cm³/mol. The Morgan fingerprint density at radius 2 is 1.90 bits per heavy atom. The largest absolute Gasteiger partial charge is 0.460 e. The van der Waals surface area contributed by atoms with Gasteiger partial charge < -0.3 is 9.64 Å². The molecule has 29 heavy (non-hydrogen) atoms. The van der Waals surface area contributed by atoms with Gasteiger partial charge in [-0.05, 0) is 63.6 Å². The summed E-state index contributed by atoms with van der Waals surface area (Å²) in [7, 11) is 0. The summed E-state index contributed by atoms with van der Waals surface area (Å²) in [4.78, 5) is 37.3. The minimum Gasteiger partial charge on any atom is -0.460 e. The highest BCUT2D eigenvalue weighted by atomic mass is 19.1. The van der Waals surface area contributed by atoms with Gasteiger partial charge in [-0.1, -0.05) is 6.07 Å². The molecule has 2 heterocycles. The molecule has 0 radical (unpaired) electrons. The molecule has 158 valence electrons. The summed E-state index contributed by atoms with van der Waals surface area (Å²) in [5.41, 5.74) is 0.623. The lowest BCUT2D eigenvalue weighted by molar-refractivity contribution is -0.156. The number of hydrogen-bond acceptors (Lipinski definition) is 5. The van der Waals surface area contributed by atoms with Crippen LogP contribution in [0, 0.1) is 11.7 Å². The van der Waals surface area contributed by atoms with Crippen molar-refractivity contribution < 1.29 is 23.5 Å². The average molecular weight is 404 g/mol. The fourth-order valence-electron chi connectivity index (χ4n) is 4.00. The first-order valence-electron chi connectivity index (χ1n) is 10.2. The molecule has 1 atom stereocenters. The number of hydrogen-bond donors (Lipinski definition) is 1. The maximum Gasteiger partial charge on any atom is 0.306 e. The number of esters is 1. The van der Waals surface area contributed by atoms with Crippen molar-refractivity contribution in [3.05, 3.63) is 29.6 Å². The molecule has 0 bridgehead atoms. The number of carbonyl (C=O) groups excluding carboxylic acids is 3. The van der Waals surface area contributed by atoms with Crippen molar-refractivity contribution in [2.24, 2.45) is 5.92 Å². The van der Waals surface area contributed by atoms with Gasteiger partial charge in [-0.3, -0.25) is 19.7 Å². The van der Waals surface area contributed by atoms with Crippen LogP contribution in [0.2, 0.25) is 0 Å². The number of benzene rings is 1. The second kappa shape index (κ2) is 8.51. The molecule has 6 nitrogen and oxygen atoms in total. The molecule has 0 aliphatic carbocycles. The van der Waals surface area contributed by atoms with E-state index in [1.54, 1.807) is 12.1 Å². The van der Waals surface area contributed by atoms with Crippen LogP contribution >= 0.6 is 0 Å². The molecular formula is C22H29FN2O4. The van der Waals surface area contributed by atoms with Gasteiger partial charge in [0.05, 0.1) is 11.6 Å². The molecule has 0 spiro atoms. The molecule has 2 aliphatic heterocycles. The van der Waals surface area contributed by atoms with Crippen LogP contribution < -0.4 is 10.2 Å². The summed E-state index contributed by atoms with van der Waals surface area (Å²) < 4.78 is 20.2. The molecule has 1 N–H and O–H groups in total. The first-order valence-corrected chi connectivity index (χ1v) is 10.2. The van der Waals surface area contributed by atoms with Gasteiger partial charge >= 0.3 is 5.97 Å². The maximum absolute atomic E-state index is 14.8. The van der Waals surface area contributed by atoms with Crippen molar-refractivity contribution >= 4 is 23.5 Å². The van der Waals surface area contributed by atoms with Gasteiger partial charge in [0.1, 0.15) is 11.4 Å². The summed E-state index contributed by atoms with van der Waals surface area (Å²) in [6, 6.07) is 4.88. The van der Waals surface area contributed by atoms with Gasteiger partial charge in [0.2, 0.25) is 11.8 Å². The van der Waals surface area contributed by atoms with Crippen LogP contribution in [-0.4, -0.2) is 36.5 Å². The highest BCUT2D eigenvalue weighted by Crippen LogP contribution is 2.31. The normalized spacial score (nSPS) is 21.1. The van der Waals surface area contributed by atoms with Gasteiger partial charge in [-0.25, -0.2) is 4.39 Å². The number of ether oxygens (including phenoxy) is 1. The second-order valence-corrected chi connectivity index (χ2v) is 8.94. The lowest BCUT2D eigenvalue weighted by atomic mass is 9.90. The zero-order valence-electron chi connectivity index (χ0n) is 17.3. The van der Waals surface area contributed by atoms with Gasteiger partial charge in [-0.2, -0.15) is 0 Å². The Morgan fingerprint density at radius 3 is 2.48 bits per heavy atom. The molecule has 2 aliphatic rings. The number of nitrogens with one attached hydrogen (secondary N) is 1. The van der Waals surface area contributed by atoms with Gasteiger partial charge in [0.15, 0.2) is 0 Å². The Bertz CT molecular complexity index is 794. The first-order chi connectivity index (χ1) is 13.6. The number of amides is 2. The third kappa shape index (κ3) is 5.55. The average Bonchev–Trinajstić information content (AvgIpc) is 2.61. The van der Waals surface area contributed by atoms with E-state index in [4.69, 9.17) is 4.74 Å². The van der Waals surface area contributed by atoms with E-state index in [1.165, 1.54) is 6.07 Å². The smallest absolute Gasteiger partial charge is 0.306 e. The monoisotopic (exact) mass is 404 g/mol. The lowest BCUT2D eigenvalue weighted by Crippen LogP contribution is -2.39. The van der Waals surface area contributed by atoms with Crippen LogP contribution in [0.4, 0.5) is 10.1 Å². The van der Waals surface area contributed by atoms with Crippen molar-refractivity contribution in [2.75, 3.05) is 18.0 Å². The summed E-state index contributed by atoms with van der Waals surface area (Å²) in [6.45, 7) is 6.91. The van der Waals surface area contributed by atoms with Crippen molar-refractivity contribution in [3.8, 4) is 0 Å². The van der Waals surface area contributed by atoms with Crippen LogP contribution in [0.1, 0.15) is 64.4 Å². The third-order valence-corrected chi connectivity index (χ3v) is 5.44. The van der Waals surface area contributed by atoms with Crippen molar-refractivity contribution in [2.45, 2.75) is 64.4 Å². The Kier molecular flexibility index (Phi) is 6.24. The van der Waals surface area contributed by atoms with E-state index in [0.717, 1.165) is 12.8 Å². The van der Waals surface area contributed by atoms with Crippen molar-refractivity contribution in [1.29, 1.82) is 0 Å². The molecule has 2 fully saturated rings. The Hall–Kier alpha value is -2.44. The standard InChI is InChI=1S/C22H29FN2O4/c1-22(2,3)29-20(27)12-14-8-10-25(11-9-14)18-6-4-15(13-17(18)23)16-5-7-19(26)24-21(16)28/h4,6,13-14,16H,5,7-12H2,1-3H3,(H,24,26,28). The second-order valence-electron chi connectivity index (χ2n) is 8.94. The number of halogens is 1. The predicted octanol–water partition coefficient (Wildman–Crippen LogP) is 3.29. The highest BCUT2D eigenvalue weighted by Gasteiger charge is 2.30. The minimum absolute atomic E-state index is 0.185. The number of nitrogens with zero attached hydrogens (tertiary/aromatic N) is 1. The number of imide groups is 1. The molecule has 3 rings (SSSR count). The summed E-state index contributed by atoms with van der Waals surface area (Å²) in [5.74, 6) is -1.44. The number of anilines is 1. The molecule has 0 saturated carbocycles. The molecule has 0 aromatic heterocycles. The van der Waals surface area contributed by atoms with Crippen LogP contribution in [0.25, 0.3) is 0 Å². The molecule has 2 amide bonds. The quantitative estimate of drug-likeness (QED) is 0.616. The zero-order chi connectivity index (χ0) is 21.2. The van der Waals surface area contributed by atoms with Gasteiger partial charge in [0.25, 0.3) is 0 Å². The first kappa shape index (κ1) is 21.3. The third-order valence-electron chi connectivity index (χ3n) is 5.44. The minimum atomic E-state index is -0.490.